The SMILES string of the molecule is Cc1nn(C)c(Cl)c1CC1(O)C2(C)CCC(C2)C1(C)C. The lowest BCUT2D eigenvalue weighted by molar-refractivity contribution is -0.141. The molecule has 2 aliphatic rings. The van der Waals surface area contributed by atoms with Crippen LogP contribution in [-0.2, 0) is 13.5 Å². The van der Waals surface area contributed by atoms with Crippen molar-refractivity contribution in [3.8, 4) is 0 Å². The van der Waals surface area contributed by atoms with Crippen molar-refractivity contribution < 1.29 is 5.11 Å². The third-order valence-corrected chi connectivity index (χ3v) is 7.00. The highest BCUT2D eigenvalue weighted by molar-refractivity contribution is 6.30. The van der Waals surface area contributed by atoms with Crippen molar-refractivity contribution in [3.63, 3.8) is 0 Å². The molecule has 0 saturated heterocycles. The summed E-state index contributed by atoms with van der Waals surface area (Å²) >= 11 is 6.38. The summed E-state index contributed by atoms with van der Waals surface area (Å²) in [5.41, 5.74) is 1.20. The molecule has 0 amide bonds. The number of halogens is 1. The molecule has 2 bridgehead atoms. The van der Waals surface area contributed by atoms with Crippen molar-refractivity contribution in [1.82, 2.24) is 9.78 Å². The van der Waals surface area contributed by atoms with Gasteiger partial charge in [0.05, 0.1) is 11.3 Å². The maximum absolute atomic E-state index is 11.6. The smallest absolute Gasteiger partial charge is 0.130 e. The first-order valence-corrected chi connectivity index (χ1v) is 7.90. The minimum Gasteiger partial charge on any atom is -0.388 e. The lowest BCUT2D eigenvalue weighted by Gasteiger charge is -2.51. The van der Waals surface area contributed by atoms with Crippen molar-refractivity contribution in [2.24, 2.45) is 23.8 Å². The standard InChI is InChI=1S/C16H25ClN2O/c1-10-12(13(17)19(5)18-10)9-16(20)14(2,3)11-6-7-15(16,4)8-11/h11,20H,6-9H2,1-5H3. The second-order valence-electron chi connectivity index (χ2n) is 7.74. The van der Waals surface area contributed by atoms with Crippen LogP contribution in [0.15, 0.2) is 0 Å². The summed E-state index contributed by atoms with van der Waals surface area (Å²) in [6, 6.07) is 0. The first-order chi connectivity index (χ1) is 9.12. The van der Waals surface area contributed by atoms with Gasteiger partial charge in [0.1, 0.15) is 5.15 Å². The Morgan fingerprint density at radius 1 is 1.40 bits per heavy atom. The second kappa shape index (κ2) is 4.01. The van der Waals surface area contributed by atoms with Crippen LogP contribution in [0.3, 0.4) is 0 Å². The number of hydrogen-bond donors (Lipinski definition) is 1. The highest BCUT2D eigenvalue weighted by atomic mass is 35.5. The van der Waals surface area contributed by atoms with E-state index < -0.39 is 5.60 Å². The molecule has 3 unspecified atom stereocenters. The Kier molecular flexibility index (Phi) is 2.89. The van der Waals surface area contributed by atoms with E-state index in [-0.39, 0.29) is 10.8 Å². The maximum atomic E-state index is 11.6. The van der Waals surface area contributed by atoms with Gasteiger partial charge in [-0.15, -0.1) is 0 Å². The zero-order valence-electron chi connectivity index (χ0n) is 13.1. The van der Waals surface area contributed by atoms with Gasteiger partial charge in [-0.1, -0.05) is 32.4 Å². The highest BCUT2D eigenvalue weighted by Crippen LogP contribution is 2.68. The first-order valence-electron chi connectivity index (χ1n) is 7.53. The monoisotopic (exact) mass is 296 g/mol. The van der Waals surface area contributed by atoms with Crippen molar-refractivity contribution in [2.75, 3.05) is 0 Å². The summed E-state index contributed by atoms with van der Waals surface area (Å²) in [4.78, 5) is 0. The molecule has 0 radical (unpaired) electrons. The van der Waals surface area contributed by atoms with Gasteiger partial charge in [-0.3, -0.25) is 4.68 Å². The van der Waals surface area contributed by atoms with E-state index in [9.17, 15) is 5.11 Å². The lowest BCUT2D eigenvalue weighted by Crippen LogP contribution is -2.55. The predicted octanol–water partition coefficient (Wildman–Crippen LogP) is 3.50. The van der Waals surface area contributed by atoms with Crippen LogP contribution in [0.25, 0.3) is 0 Å². The molecule has 2 fully saturated rings. The van der Waals surface area contributed by atoms with Crippen LogP contribution in [0.4, 0.5) is 0 Å². The molecule has 1 heterocycles. The van der Waals surface area contributed by atoms with Gasteiger partial charge in [0.15, 0.2) is 0 Å². The molecule has 0 aromatic carbocycles. The fraction of sp³-hybridized carbons (Fsp3) is 0.812. The molecule has 0 aliphatic heterocycles. The van der Waals surface area contributed by atoms with Crippen LogP contribution in [0, 0.1) is 23.7 Å². The van der Waals surface area contributed by atoms with E-state index in [0.717, 1.165) is 24.1 Å². The van der Waals surface area contributed by atoms with E-state index in [2.05, 4.69) is 25.9 Å². The first kappa shape index (κ1) is 14.4. The number of nitrogens with zero attached hydrogens (tertiary/aromatic N) is 2. The van der Waals surface area contributed by atoms with Gasteiger partial charge in [-0.2, -0.15) is 5.10 Å². The Morgan fingerprint density at radius 3 is 2.50 bits per heavy atom. The zero-order valence-corrected chi connectivity index (χ0v) is 13.9. The number of aryl methyl sites for hydroxylation is 2. The number of aromatic nitrogens is 2. The topological polar surface area (TPSA) is 38.0 Å². The van der Waals surface area contributed by atoms with Crippen molar-refractivity contribution >= 4 is 11.6 Å². The largest absolute Gasteiger partial charge is 0.388 e. The van der Waals surface area contributed by atoms with Gasteiger partial charge in [0.25, 0.3) is 0 Å². The zero-order chi connectivity index (χ0) is 14.9. The molecule has 1 N–H and O–H groups in total. The second-order valence-corrected chi connectivity index (χ2v) is 8.10. The summed E-state index contributed by atoms with van der Waals surface area (Å²) in [5, 5.41) is 16.6. The minimum atomic E-state index is -0.694. The van der Waals surface area contributed by atoms with Gasteiger partial charge in [-0.05, 0) is 42.9 Å². The maximum Gasteiger partial charge on any atom is 0.130 e. The van der Waals surface area contributed by atoms with Crippen LogP contribution in [-0.4, -0.2) is 20.5 Å². The van der Waals surface area contributed by atoms with Crippen molar-refractivity contribution in [1.29, 1.82) is 0 Å². The predicted molar refractivity (Wildman–Crippen MR) is 80.8 cm³/mol. The third kappa shape index (κ3) is 1.54. The van der Waals surface area contributed by atoms with Crippen LogP contribution in [0.5, 0.6) is 0 Å². The van der Waals surface area contributed by atoms with E-state index in [1.165, 1.54) is 6.42 Å². The number of rotatable bonds is 2. The Hall–Kier alpha value is -0.540. The fourth-order valence-electron chi connectivity index (χ4n) is 4.92. The van der Waals surface area contributed by atoms with Crippen LogP contribution in [0.2, 0.25) is 5.15 Å². The van der Waals surface area contributed by atoms with Crippen molar-refractivity contribution in [3.05, 3.63) is 16.4 Å². The molecule has 1 aromatic rings. The minimum absolute atomic E-state index is 0.00672. The molecule has 2 aliphatic carbocycles. The van der Waals surface area contributed by atoms with Gasteiger partial charge >= 0.3 is 0 Å². The van der Waals surface area contributed by atoms with Gasteiger partial charge < -0.3 is 5.11 Å². The van der Waals surface area contributed by atoms with Gasteiger partial charge in [0, 0.05) is 19.0 Å². The molecule has 1 aromatic heterocycles. The van der Waals surface area contributed by atoms with Crippen molar-refractivity contribution in [2.45, 2.75) is 59.0 Å². The Morgan fingerprint density at radius 2 is 2.05 bits per heavy atom. The molecule has 112 valence electrons. The van der Waals surface area contributed by atoms with E-state index in [1.54, 1.807) is 4.68 Å². The van der Waals surface area contributed by atoms with E-state index in [0.29, 0.717) is 17.5 Å². The normalized spacial score (nSPS) is 38.6. The average Bonchev–Trinajstić information content (AvgIpc) is 2.90. The van der Waals surface area contributed by atoms with Gasteiger partial charge in [0.2, 0.25) is 0 Å². The summed E-state index contributed by atoms with van der Waals surface area (Å²) < 4.78 is 1.71. The summed E-state index contributed by atoms with van der Waals surface area (Å²) in [6.45, 7) is 8.68. The van der Waals surface area contributed by atoms with Crippen LogP contribution >= 0.6 is 11.6 Å². The molecule has 20 heavy (non-hydrogen) atoms. The average molecular weight is 297 g/mol. The Balaban J connectivity index is 2.05. The molecule has 3 nitrogen and oxygen atoms in total. The summed E-state index contributed by atoms with van der Waals surface area (Å²) in [7, 11) is 1.86. The number of aliphatic hydroxyl groups is 1. The highest BCUT2D eigenvalue weighted by Gasteiger charge is 2.68. The van der Waals surface area contributed by atoms with Crippen LogP contribution < -0.4 is 0 Å². The molecule has 0 spiro atoms. The van der Waals surface area contributed by atoms with Gasteiger partial charge in [-0.25, -0.2) is 0 Å². The third-order valence-electron chi connectivity index (χ3n) is 6.53. The van der Waals surface area contributed by atoms with E-state index >= 15 is 0 Å². The molecule has 3 atom stereocenters. The van der Waals surface area contributed by atoms with E-state index in [1.807, 2.05) is 14.0 Å². The Bertz CT molecular complexity index is 558. The molecule has 2 saturated carbocycles. The van der Waals surface area contributed by atoms with Crippen LogP contribution in [0.1, 0.15) is 51.3 Å². The summed E-state index contributed by atoms with van der Waals surface area (Å²) in [5.74, 6) is 0.619. The quantitative estimate of drug-likeness (QED) is 0.907. The summed E-state index contributed by atoms with van der Waals surface area (Å²) in [6.07, 6.45) is 4.11. The fourth-order valence-corrected chi connectivity index (χ4v) is 5.16. The lowest BCUT2D eigenvalue weighted by atomic mass is 9.58. The Labute approximate surface area is 126 Å². The molecule has 3 rings (SSSR count). The van der Waals surface area contributed by atoms with E-state index in [4.69, 9.17) is 11.6 Å². The molecule has 4 heteroatoms. The number of hydrogen-bond acceptors (Lipinski definition) is 2. The molecular formula is C16H25ClN2O. The number of fused-ring (bicyclic) bond motifs is 2. The molecular weight excluding hydrogens is 272 g/mol.